The van der Waals surface area contributed by atoms with Gasteiger partial charge in [0.15, 0.2) is 5.84 Å². The summed E-state index contributed by atoms with van der Waals surface area (Å²) in [5.74, 6) is 0.695. The van der Waals surface area contributed by atoms with Crippen molar-refractivity contribution in [2.24, 2.45) is 10.9 Å². The first-order valence-corrected chi connectivity index (χ1v) is 6.92. The molecular weight excluding hydrogens is 344 g/mol. The average Bonchev–Trinajstić information content (AvgIpc) is 2.46. The standard InChI is InChI=1S/C14H12BrClN2O2/c15-12-7-10(5-6-11(12)14(17)18-19)20-8-9-3-1-2-4-13(9)16/h1-7,19H,8H2,(H2,17,18). The molecule has 0 saturated carbocycles. The van der Waals surface area contributed by atoms with Crippen molar-refractivity contribution in [3.63, 3.8) is 0 Å². The number of nitrogens with zero attached hydrogens (tertiary/aromatic N) is 1. The fourth-order valence-electron chi connectivity index (χ4n) is 1.62. The lowest BCUT2D eigenvalue weighted by molar-refractivity contribution is 0.306. The smallest absolute Gasteiger partial charge is 0.171 e. The number of benzene rings is 2. The Morgan fingerprint density at radius 2 is 2.05 bits per heavy atom. The van der Waals surface area contributed by atoms with Crippen molar-refractivity contribution in [3.05, 3.63) is 63.1 Å². The third-order valence-electron chi connectivity index (χ3n) is 2.68. The number of amidine groups is 1. The zero-order chi connectivity index (χ0) is 14.5. The van der Waals surface area contributed by atoms with Gasteiger partial charge in [-0.05, 0) is 40.2 Å². The van der Waals surface area contributed by atoms with Crippen LogP contribution in [0.5, 0.6) is 5.75 Å². The van der Waals surface area contributed by atoms with E-state index in [1.807, 2.05) is 24.3 Å². The van der Waals surface area contributed by atoms with Gasteiger partial charge in [-0.1, -0.05) is 35.0 Å². The van der Waals surface area contributed by atoms with Gasteiger partial charge in [0.25, 0.3) is 0 Å². The summed E-state index contributed by atoms with van der Waals surface area (Å²) in [5.41, 5.74) is 7.04. The van der Waals surface area contributed by atoms with Crippen LogP contribution in [-0.2, 0) is 6.61 Å². The van der Waals surface area contributed by atoms with Gasteiger partial charge < -0.3 is 15.7 Å². The van der Waals surface area contributed by atoms with E-state index >= 15 is 0 Å². The number of hydrogen-bond acceptors (Lipinski definition) is 3. The molecule has 0 spiro atoms. The highest BCUT2D eigenvalue weighted by Crippen LogP contribution is 2.24. The topological polar surface area (TPSA) is 67.8 Å². The van der Waals surface area contributed by atoms with Gasteiger partial charge in [0.05, 0.1) is 0 Å². The van der Waals surface area contributed by atoms with E-state index in [0.717, 1.165) is 5.56 Å². The quantitative estimate of drug-likeness (QED) is 0.379. The van der Waals surface area contributed by atoms with Crippen LogP contribution in [0, 0.1) is 0 Å². The minimum Gasteiger partial charge on any atom is -0.489 e. The Morgan fingerprint density at radius 3 is 2.70 bits per heavy atom. The number of ether oxygens (including phenoxy) is 1. The Bertz CT molecular complexity index is 647. The van der Waals surface area contributed by atoms with Gasteiger partial charge in [-0.3, -0.25) is 0 Å². The Hall–Kier alpha value is -1.72. The van der Waals surface area contributed by atoms with E-state index in [1.54, 1.807) is 18.2 Å². The Balaban J connectivity index is 2.12. The van der Waals surface area contributed by atoms with Gasteiger partial charge in [-0.25, -0.2) is 0 Å². The van der Waals surface area contributed by atoms with Gasteiger partial charge in [0.2, 0.25) is 0 Å². The van der Waals surface area contributed by atoms with Gasteiger partial charge in [-0.15, -0.1) is 0 Å². The van der Waals surface area contributed by atoms with Gasteiger partial charge in [0.1, 0.15) is 12.4 Å². The lowest BCUT2D eigenvalue weighted by atomic mass is 10.2. The zero-order valence-corrected chi connectivity index (χ0v) is 12.7. The summed E-state index contributed by atoms with van der Waals surface area (Å²) in [7, 11) is 0. The normalized spacial score (nSPS) is 11.4. The molecule has 2 rings (SSSR count). The fourth-order valence-corrected chi connectivity index (χ4v) is 2.37. The summed E-state index contributed by atoms with van der Waals surface area (Å²) < 4.78 is 6.35. The number of halogens is 2. The van der Waals surface area contributed by atoms with Crippen molar-refractivity contribution in [2.45, 2.75) is 6.61 Å². The monoisotopic (exact) mass is 354 g/mol. The first-order valence-electron chi connectivity index (χ1n) is 5.75. The van der Waals surface area contributed by atoms with E-state index in [0.29, 0.717) is 27.4 Å². The van der Waals surface area contributed by atoms with Crippen LogP contribution in [0.1, 0.15) is 11.1 Å². The first kappa shape index (κ1) is 14.7. The maximum atomic E-state index is 8.66. The summed E-state index contributed by atoms with van der Waals surface area (Å²) in [4.78, 5) is 0. The minimum atomic E-state index is 0.0366. The number of oxime groups is 1. The molecule has 104 valence electrons. The van der Waals surface area contributed by atoms with Crippen molar-refractivity contribution in [2.75, 3.05) is 0 Å². The molecular formula is C14H12BrClN2O2. The van der Waals surface area contributed by atoms with Gasteiger partial charge >= 0.3 is 0 Å². The SMILES string of the molecule is N/C(=N/O)c1ccc(OCc2ccccc2Cl)cc1Br. The lowest BCUT2D eigenvalue weighted by Crippen LogP contribution is -2.13. The first-order chi connectivity index (χ1) is 9.61. The summed E-state index contributed by atoms with van der Waals surface area (Å²) in [6.07, 6.45) is 0. The van der Waals surface area contributed by atoms with E-state index in [1.165, 1.54) is 0 Å². The van der Waals surface area contributed by atoms with Crippen LogP contribution in [0.15, 0.2) is 52.1 Å². The van der Waals surface area contributed by atoms with E-state index < -0.39 is 0 Å². The molecule has 0 aliphatic carbocycles. The van der Waals surface area contributed by atoms with E-state index in [2.05, 4.69) is 21.1 Å². The molecule has 2 aromatic carbocycles. The second kappa shape index (κ2) is 6.63. The molecule has 0 aliphatic rings. The number of hydrogen-bond donors (Lipinski definition) is 2. The molecule has 0 radical (unpaired) electrons. The van der Waals surface area contributed by atoms with Crippen molar-refractivity contribution < 1.29 is 9.94 Å². The Morgan fingerprint density at radius 1 is 1.30 bits per heavy atom. The largest absolute Gasteiger partial charge is 0.489 e. The van der Waals surface area contributed by atoms with Crippen LogP contribution in [0.2, 0.25) is 5.02 Å². The predicted molar refractivity (Wildman–Crippen MR) is 82.4 cm³/mol. The summed E-state index contributed by atoms with van der Waals surface area (Å²) in [6.45, 7) is 0.370. The maximum absolute atomic E-state index is 8.66. The number of rotatable bonds is 4. The molecule has 0 fully saturated rings. The van der Waals surface area contributed by atoms with E-state index in [4.69, 9.17) is 27.3 Å². The van der Waals surface area contributed by atoms with Crippen molar-refractivity contribution >= 4 is 33.4 Å². The Labute approximate surface area is 129 Å². The maximum Gasteiger partial charge on any atom is 0.171 e. The summed E-state index contributed by atoms with van der Waals surface area (Å²) >= 11 is 9.41. The molecule has 0 amide bonds. The average molecular weight is 356 g/mol. The Kier molecular flexibility index (Phi) is 4.87. The zero-order valence-electron chi connectivity index (χ0n) is 10.4. The highest BCUT2D eigenvalue weighted by Gasteiger charge is 2.07. The van der Waals surface area contributed by atoms with Gasteiger partial charge in [0, 0.05) is 20.6 Å². The highest BCUT2D eigenvalue weighted by atomic mass is 79.9. The second-order valence-electron chi connectivity index (χ2n) is 4.01. The summed E-state index contributed by atoms with van der Waals surface area (Å²) in [6, 6.07) is 12.7. The van der Waals surface area contributed by atoms with Crippen molar-refractivity contribution in [1.82, 2.24) is 0 Å². The molecule has 4 nitrogen and oxygen atoms in total. The molecule has 6 heteroatoms. The van der Waals surface area contributed by atoms with Crippen LogP contribution in [0.4, 0.5) is 0 Å². The third kappa shape index (κ3) is 3.43. The molecule has 0 aromatic heterocycles. The van der Waals surface area contributed by atoms with E-state index in [-0.39, 0.29) is 5.84 Å². The van der Waals surface area contributed by atoms with Crippen LogP contribution in [-0.4, -0.2) is 11.0 Å². The van der Waals surface area contributed by atoms with Crippen LogP contribution >= 0.6 is 27.5 Å². The molecule has 0 saturated heterocycles. The molecule has 0 atom stereocenters. The number of nitrogens with two attached hydrogens (primary N) is 1. The minimum absolute atomic E-state index is 0.0366. The van der Waals surface area contributed by atoms with Crippen molar-refractivity contribution in [3.8, 4) is 5.75 Å². The lowest BCUT2D eigenvalue weighted by Gasteiger charge is -2.09. The predicted octanol–water partition coefficient (Wildman–Crippen LogP) is 3.78. The summed E-state index contributed by atoms with van der Waals surface area (Å²) in [5, 5.41) is 12.3. The van der Waals surface area contributed by atoms with Gasteiger partial charge in [-0.2, -0.15) is 0 Å². The van der Waals surface area contributed by atoms with Crippen molar-refractivity contribution in [1.29, 1.82) is 0 Å². The second-order valence-corrected chi connectivity index (χ2v) is 5.27. The third-order valence-corrected chi connectivity index (χ3v) is 3.70. The van der Waals surface area contributed by atoms with Crippen LogP contribution in [0.25, 0.3) is 0 Å². The van der Waals surface area contributed by atoms with Crippen LogP contribution < -0.4 is 10.5 Å². The molecule has 20 heavy (non-hydrogen) atoms. The molecule has 0 aliphatic heterocycles. The molecule has 2 aromatic rings. The van der Waals surface area contributed by atoms with Crippen LogP contribution in [0.3, 0.4) is 0 Å². The van der Waals surface area contributed by atoms with E-state index in [9.17, 15) is 0 Å². The fraction of sp³-hybridized carbons (Fsp3) is 0.0714. The highest BCUT2D eigenvalue weighted by molar-refractivity contribution is 9.10. The molecule has 0 unspecified atom stereocenters. The molecule has 3 N–H and O–H groups in total. The molecule has 0 heterocycles. The molecule has 0 bridgehead atoms.